The number of ketones is 1. The van der Waals surface area contributed by atoms with Crippen LogP contribution in [0.2, 0.25) is 0 Å². The first kappa shape index (κ1) is 23.1. The minimum Gasteiger partial charge on any atom is -0.479 e. The highest BCUT2D eigenvalue weighted by Gasteiger charge is 2.42. The minimum atomic E-state index is -2.17. The second-order valence-corrected chi connectivity index (χ2v) is 6.98. The number of carbonyl (C=O) groups is 2. The number of aliphatic hydroxyl groups is 1. The van der Waals surface area contributed by atoms with Crippen molar-refractivity contribution in [1.82, 2.24) is 0 Å². The zero-order valence-electron chi connectivity index (χ0n) is 15.8. The van der Waals surface area contributed by atoms with Gasteiger partial charge in [-0.2, -0.15) is 0 Å². The van der Waals surface area contributed by atoms with E-state index in [0.29, 0.717) is 12.8 Å². The summed E-state index contributed by atoms with van der Waals surface area (Å²) in [5.74, 6) is -1.90. The Kier molecular flexibility index (Phi) is 13.9. The first-order valence-electron chi connectivity index (χ1n) is 9.98. The van der Waals surface area contributed by atoms with Crippen LogP contribution < -0.4 is 0 Å². The van der Waals surface area contributed by atoms with Crippen LogP contribution in [0.1, 0.15) is 110 Å². The lowest BCUT2D eigenvalue weighted by Gasteiger charge is -2.22. The molecule has 24 heavy (non-hydrogen) atoms. The van der Waals surface area contributed by atoms with Crippen molar-refractivity contribution >= 4 is 11.8 Å². The van der Waals surface area contributed by atoms with Crippen molar-refractivity contribution in [3.63, 3.8) is 0 Å². The Morgan fingerprint density at radius 1 is 0.708 bits per heavy atom. The fourth-order valence-electron chi connectivity index (χ4n) is 2.98. The molecule has 0 aromatic carbocycles. The number of hydrogen-bond acceptors (Lipinski definition) is 3. The summed E-state index contributed by atoms with van der Waals surface area (Å²) >= 11 is 0. The number of rotatable bonds is 17. The molecule has 0 fully saturated rings. The van der Waals surface area contributed by atoms with E-state index >= 15 is 0 Å². The van der Waals surface area contributed by atoms with Crippen LogP contribution in [0.15, 0.2) is 0 Å². The third-order valence-electron chi connectivity index (χ3n) is 4.71. The van der Waals surface area contributed by atoms with Crippen LogP contribution in [0, 0.1) is 0 Å². The van der Waals surface area contributed by atoms with E-state index in [1.807, 2.05) is 0 Å². The van der Waals surface area contributed by atoms with E-state index in [4.69, 9.17) is 0 Å². The highest BCUT2D eigenvalue weighted by molar-refractivity contribution is 6.06. The molecule has 0 spiro atoms. The standard InChI is InChI=1S/C20H38O4/c1-3-5-7-9-10-11-13-15-17-20(24,19(22)23)18(21)16-14-12-8-6-4-2/h24H,3-17H2,1-2H3,(H,22,23). The van der Waals surface area contributed by atoms with Gasteiger partial charge in [-0.05, 0) is 19.3 Å². The summed E-state index contributed by atoms with van der Waals surface area (Å²) in [7, 11) is 0. The molecule has 0 amide bonds. The van der Waals surface area contributed by atoms with Gasteiger partial charge in [0.1, 0.15) is 0 Å². The van der Waals surface area contributed by atoms with Crippen molar-refractivity contribution < 1.29 is 19.8 Å². The Labute approximate surface area is 148 Å². The maximum atomic E-state index is 12.1. The van der Waals surface area contributed by atoms with E-state index in [2.05, 4.69) is 13.8 Å². The average Bonchev–Trinajstić information content (AvgIpc) is 2.56. The minimum absolute atomic E-state index is 0.0467. The molecule has 0 bridgehead atoms. The number of carboxylic acid groups (broad SMARTS) is 1. The van der Waals surface area contributed by atoms with E-state index < -0.39 is 17.4 Å². The summed E-state index contributed by atoms with van der Waals surface area (Å²) in [6.45, 7) is 4.31. The summed E-state index contributed by atoms with van der Waals surface area (Å²) in [6, 6.07) is 0. The molecule has 0 saturated heterocycles. The van der Waals surface area contributed by atoms with Gasteiger partial charge in [0.15, 0.2) is 5.78 Å². The lowest BCUT2D eigenvalue weighted by molar-refractivity contribution is -0.166. The van der Waals surface area contributed by atoms with Crippen LogP contribution in [0.5, 0.6) is 0 Å². The van der Waals surface area contributed by atoms with Crippen LogP contribution in [0.25, 0.3) is 0 Å². The van der Waals surface area contributed by atoms with Gasteiger partial charge in [-0.1, -0.05) is 84.5 Å². The van der Waals surface area contributed by atoms with Crippen molar-refractivity contribution in [2.75, 3.05) is 0 Å². The third-order valence-corrected chi connectivity index (χ3v) is 4.71. The van der Waals surface area contributed by atoms with Gasteiger partial charge in [0, 0.05) is 6.42 Å². The largest absolute Gasteiger partial charge is 0.479 e. The van der Waals surface area contributed by atoms with Crippen molar-refractivity contribution in [1.29, 1.82) is 0 Å². The Balaban J connectivity index is 4.02. The van der Waals surface area contributed by atoms with Crippen molar-refractivity contribution in [3.05, 3.63) is 0 Å². The van der Waals surface area contributed by atoms with Crippen LogP contribution >= 0.6 is 0 Å². The monoisotopic (exact) mass is 342 g/mol. The molecular formula is C20H38O4. The normalized spacial score (nSPS) is 13.6. The van der Waals surface area contributed by atoms with Crippen LogP contribution in [0.3, 0.4) is 0 Å². The molecule has 0 heterocycles. The third kappa shape index (κ3) is 10.1. The van der Waals surface area contributed by atoms with Gasteiger partial charge in [0.25, 0.3) is 0 Å². The first-order valence-corrected chi connectivity index (χ1v) is 9.98. The second-order valence-electron chi connectivity index (χ2n) is 6.98. The fourth-order valence-corrected chi connectivity index (χ4v) is 2.98. The summed E-state index contributed by atoms with van der Waals surface area (Å²) in [4.78, 5) is 23.5. The predicted octanol–water partition coefficient (Wildman–Crippen LogP) is 5.26. The molecule has 0 saturated carbocycles. The Morgan fingerprint density at radius 2 is 1.12 bits per heavy atom. The van der Waals surface area contributed by atoms with E-state index in [0.717, 1.165) is 44.9 Å². The SMILES string of the molecule is CCCCCCCCCCC(O)(C(=O)O)C(=O)CCCCCCC. The number of carboxylic acids is 1. The van der Waals surface area contributed by atoms with E-state index in [1.165, 1.54) is 25.7 Å². The molecule has 4 nitrogen and oxygen atoms in total. The summed E-state index contributed by atoms with van der Waals surface area (Å²) in [6.07, 6.45) is 13.8. The Hall–Kier alpha value is -0.900. The van der Waals surface area contributed by atoms with Crippen LogP contribution in [-0.2, 0) is 9.59 Å². The van der Waals surface area contributed by atoms with Crippen molar-refractivity contribution in [2.45, 2.75) is 116 Å². The summed E-state index contributed by atoms with van der Waals surface area (Å²) in [5.41, 5.74) is -2.17. The highest BCUT2D eigenvalue weighted by Crippen LogP contribution is 2.21. The molecule has 0 aliphatic heterocycles. The average molecular weight is 343 g/mol. The molecule has 142 valence electrons. The molecule has 1 atom stereocenters. The quantitative estimate of drug-likeness (QED) is 0.279. The molecule has 0 aliphatic carbocycles. The lowest BCUT2D eigenvalue weighted by atomic mass is 9.88. The zero-order valence-corrected chi connectivity index (χ0v) is 15.8. The van der Waals surface area contributed by atoms with E-state index in [1.54, 1.807) is 0 Å². The van der Waals surface area contributed by atoms with Gasteiger partial charge in [0.05, 0.1) is 0 Å². The number of unbranched alkanes of at least 4 members (excludes halogenated alkanes) is 11. The molecule has 0 aromatic rings. The van der Waals surface area contributed by atoms with Gasteiger partial charge in [0.2, 0.25) is 5.60 Å². The smallest absolute Gasteiger partial charge is 0.343 e. The van der Waals surface area contributed by atoms with Gasteiger partial charge in [-0.25, -0.2) is 4.79 Å². The summed E-state index contributed by atoms with van der Waals surface area (Å²) < 4.78 is 0. The van der Waals surface area contributed by atoms with Gasteiger partial charge in [-0.3, -0.25) is 4.79 Å². The van der Waals surface area contributed by atoms with Gasteiger partial charge in [-0.15, -0.1) is 0 Å². The van der Waals surface area contributed by atoms with E-state index in [9.17, 15) is 19.8 Å². The van der Waals surface area contributed by atoms with Crippen LogP contribution in [-0.4, -0.2) is 27.6 Å². The molecule has 0 aliphatic rings. The van der Waals surface area contributed by atoms with Gasteiger partial charge < -0.3 is 10.2 Å². The van der Waals surface area contributed by atoms with Crippen molar-refractivity contribution in [2.24, 2.45) is 0 Å². The number of carbonyl (C=O) groups excluding carboxylic acids is 1. The first-order chi connectivity index (χ1) is 11.5. The van der Waals surface area contributed by atoms with Crippen LogP contribution in [0.4, 0.5) is 0 Å². The number of Topliss-reactive ketones (excluding diaryl/α,β-unsaturated/α-hetero) is 1. The molecule has 1 unspecified atom stereocenters. The maximum Gasteiger partial charge on any atom is 0.343 e. The molecular weight excluding hydrogens is 304 g/mol. The highest BCUT2D eigenvalue weighted by atomic mass is 16.4. The fraction of sp³-hybridized carbons (Fsp3) is 0.900. The number of aliphatic carboxylic acids is 1. The molecule has 0 rings (SSSR count). The predicted molar refractivity (Wildman–Crippen MR) is 98.2 cm³/mol. The molecule has 0 radical (unpaired) electrons. The molecule has 2 N–H and O–H groups in total. The lowest BCUT2D eigenvalue weighted by Crippen LogP contribution is -2.46. The maximum absolute atomic E-state index is 12.1. The van der Waals surface area contributed by atoms with Crippen molar-refractivity contribution in [3.8, 4) is 0 Å². The summed E-state index contributed by atoms with van der Waals surface area (Å²) in [5, 5.41) is 19.6. The topological polar surface area (TPSA) is 74.6 Å². The Morgan fingerprint density at radius 3 is 1.58 bits per heavy atom. The molecule has 4 heteroatoms. The second kappa shape index (κ2) is 14.4. The van der Waals surface area contributed by atoms with Gasteiger partial charge >= 0.3 is 5.97 Å². The Bertz CT molecular complexity index is 341. The molecule has 0 aromatic heterocycles. The van der Waals surface area contributed by atoms with E-state index in [-0.39, 0.29) is 12.8 Å². The zero-order chi connectivity index (χ0) is 18.3. The number of hydrogen-bond donors (Lipinski definition) is 2.